The second kappa shape index (κ2) is 14.7. The Morgan fingerprint density at radius 3 is 2.30 bits per heavy atom. The Morgan fingerprint density at radius 1 is 0.957 bits per heavy atom. The Bertz CT molecular complexity index is 323. The monoisotopic (exact) mass is 321 g/mol. The quantitative estimate of drug-likeness (QED) is 0.344. The van der Waals surface area contributed by atoms with Crippen molar-refractivity contribution >= 4 is 5.84 Å². The van der Waals surface area contributed by atoms with Crippen LogP contribution in [0.5, 0.6) is 0 Å². The predicted octanol–water partition coefficient (Wildman–Crippen LogP) is 4.92. The zero-order chi connectivity index (χ0) is 16.6. The number of allylic oxidation sites excluding steroid dienone is 2. The number of hydrogen-bond donors (Lipinski definition) is 1. The van der Waals surface area contributed by atoms with Crippen molar-refractivity contribution in [3.05, 3.63) is 12.2 Å². The van der Waals surface area contributed by atoms with Crippen LogP contribution >= 0.6 is 0 Å². The number of unbranched alkanes of at least 4 members (excludes halogenated alkanes) is 9. The third-order valence-electron chi connectivity index (χ3n) is 4.59. The first kappa shape index (κ1) is 20.2. The molecule has 134 valence electrons. The van der Waals surface area contributed by atoms with Crippen molar-refractivity contribution in [2.45, 2.75) is 84.0 Å². The van der Waals surface area contributed by atoms with Crippen LogP contribution in [0.25, 0.3) is 0 Å². The normalized spacial score (nSPS) is 14.9. The Kier molecular flexibility index (Phi) is 13.0. The van der Waals surface area contributed by atoms with Crippen molar-refractivity contribution in [1.82, 2.24) is 4.90 Å². The molecule has 1 heterocycles. The fraction of sp³-hybridized carbons (Fsp3) is 0.850. The van der Waals surface area contributed by atoms with Gasteiger partial charge >= 0.3 is 0 Å². The number of amidine groups is 1. The lowest BCUT2D eigenvalue weighted by Crippen LogP contribution is -2.32. The lowest BCUT2D eigenvalue weighted by molar-refractivity contribution is 0.456. The van der Waals surface area contributed by atoms with Gasteiger partial charge in [0.1, 0.15) is 0 Å². The van der Waals surface area contributed by atoms with E-state index in [0.717, 1.165) is 32.6 Å². The van der Waals surface area contributed by atoms with E-state index < -0.39 is 0 Å². The molecule has 2 N–H and O–H groups in total. The van der Waals surface area contributed by atoms with Crippen molar-refractivity contribution in [3.8, 4) is 0 Å². The molecule has 0 aromatic rings. The van der Waals surface area contributed by atoms with Crippen molar-refractivity contribution in [1.29, 1.82) is 0 Å². The van der Waals surface area contributed by atoms with Gasteiger partial charge in [0.05, 0.1) is 12.4 Å². The average molecular weight is 322 g/mol. The van der Waals surface area contributed by atoms with Gasteiger partial charge in [-0.15, -0.1) is 0 Å². The van der Waals surface area contributed by atoms with Gasteiger partial charge in [-0.3, -0.25) is 4.99 Å². The molecule has 1 rings (SSSR count). The molecule has 3 nitrogen and oxygen atoms in total. The Labute approximate surface area is 144 Å². The fourth-order valence-corrected chi connectivity index (χ4v) is 3.15. The van der Waals surface area contributed by atoms with Crippen LogP contribution in [-0.4, -0.2) is 36.9 Å². The third-order valence-corrected chi connectivity index (χ3v) is 4.59. The molecule has 0 fully saturated rings. The van der Waals surface area contributed by atoms with Crippen LogP contribution in [0.15, 0.2) is 17.1 Å². The van der Waals surface area contributed by atoms with Gasteiger partial charge < -0.3 is 10.6 Å². The van der Waals surface area contributed by atoms with Gasteiger partial charge in [0, 0.05) is 26.1 Å². The summed E-state index contributed by atoms with van der Waals surface area (Å²) >= 11 is 0. The fourth-order valence-electron chi connectivity index (χ4n) is 3.15. The largest absolute Gasteiger partial charge is 0.357 e. The molecule has 1 aliphatic heterocycles. The van der Waals surface area contributed by atoms with E-state index in [4.69, 9.17) is 5.73 Å². The van der Waals surface area contributed by atoms with Gasteiger partial charge in [-0.1, -0.05) is 64.0 Å². The maximum absolute atomic E-state index is 5.64. The second-order valence-electron chi connectivity index (χ2n) is 6.70. The van der Waals surface area contributed by atoms with Gasteiger partial charge in [-0.2, -0.15) is 0 Å². The summed E-state index contributed by atoms with van der Waals surface area (Å²) in [6.07, 6.45) is 20.7. The summed E-state index contributed by atoms with van der Waals surface area (Å²) in [7, 11) is 0. The lowest BCUT2D eigenvalue weighted by Gasteiger charge is -2.19. The molecule has 0 saturated heterocycles. The zero-order valence-corrected chi connectivity index (χ0v) is 15.4. The molecule has 0 spiro atoms. The van der Waals surface area contributed by atoms with Crippen LogP contribution < -0.4 is 5.73 Å². The van der Waals surface area contributed by atoms with Gasteiger partial charge in [0.25, 0.3) is 0 Å². The second-order valence-corrected chi connectivity index (χ2v) is 6.70. The molecule has 0 radical (unpaired) electrons. The summed E-state index contributed by atoms with van der Waals surface area (Å²) in [4.78, 5) is 6.98. The topological polar surface area (TPSA) is 41.6 Å². The number of hydrogen-bond acceptors (Lipinski definition) is 3. The molecule has 3 heteroatoms. The Morgan fingerprint density at radius 2 is 1.61 bits per heavy atom. The molecule has 0 aromatic carbocycles. The van der Waals surface area contributed by atoms with Gasteiger partial charge in [0.15, 0.2) is 0 Å². The van der Waals surface area contributed by atoms with Crippen LogP contribution in [0.4, 0.5) is 0 Å². The summed E-state index contributed by atoms with van der Waals surface area (Å²) in [6, 6.07) is 0. The molecule has 0 amide bonds. The van der Waals surface area contributed by atoms with Crippen molar-refractivity contribution in [3.63, 3.8) is 0 Å². The van der Waals surface area contributed by atoms with Gasteiger partial charge in [0.2, 0.25) is 0 Å². The third kappa shape index (κ3) is 10.5. The highest BCUT2D eigenvalue weighted by molar-refractivity contribution is 5.83. The van der Waals surface area contributed by atoms with Gasteiger partial charge in [-0.25, -0.2) is 0 Å². The number of aliphatic imine (C=N–C) groups is 1. The molecule has 23 heavy (non-hydrogen) atoms. The summed E-state index contributed by atoms with van der Waals surface area (Å²) in [5.74, 6) is 1.31. The zero-order valence-electron chi connectivity index (χ0n) is 15.4. The van der Waals surface area contributed by atoms with E-state index >= 15 is 0 Å². The maximum Gasteiger partial charge on any atom is 0.0990 e. The summed E-state index contributed by atoms with van der Waals surface area (Å²) in [5.41, 5.74) is 5.64. The average Bonchev–Trinajstić information content (AvgIpc) is 2.99. The molecule has 0 saturated carbocycles. The molecule has 1 aliphatic rings. The number of rotatable bonds is 15. The molecular formula is C20H39N3. The Balaban J connectivity index is 1.84. The van der Waals surface area contributed by atoms with Gasteiger partial charge in [-0.05, 0) is 25.7 Å². The first-order valence-corrected chi connectivity index (χ1v) is 10.0. The SMILES string of the molecule is CCCC/C=C/CCCCCCCCCC1=NCCN1CCN. The van der Waals surface area contributed by atoms with Crippen molar-refractivity contribution in [2.24, 2.45) is 10.7 Å². The van der Waals surface area contributed by atoms with Crippen molar-refractivity contribution in [2.75, 3.05) is 26.2 Å². The minimum absolute atomic E-state index is 0.743. The smallest absolute Gasteiger partial charge is 0.0990 e. The Hall–Kier alpha value is -0.830. The first-order chi connectivity index (χ1) is 11.4. The van der Waals surface area contributed by atoms with E-state index in [9.17, 15) is 0 Å². The van der Waals surface area contributed by atoms with Crippen LogP contribution in [0.1, 0.15) is 84.0 Å². The van der Waals surface area contributed by atoms with E-state index in [1.54, 1.807) is 0 Å². The molecule has 0 atom stereocenters. The molecule has 0 bridgehead atoms. The minimum Gasteiger partial charge on any atom is -0.357 e. The number of nitrogens with two attached hydrogens (primary N) is 1. The van der Waals surface area contributed by atoms with E-state index in [2.05, 4.69) is 29.0 Å². The highest BCUT2D eigenvalue weighted by Gasteiger charge is 2.14. The molecular weight excluding hydrogens is 282 g/mol. The predicted molar refractivity (Wildman–Crippen MR) is 103 cm³/mol. The molecule has 0 aliphatic carbocycles. The van der Waals surface area contributed by atoms with Crippen molar-refractivity contribution < 1.29 is 0 Å². The van der Waals surface area contributed by atoms with Crippen LogP contribution in [0, 0.1) is 0 Å². The van der Waals surface area contributed by atoms with Crippen LogP contribution in [0.3, 0.4) is 0 Å². The molecule has 0 unspecified atom stereocenters. The highest BCUT2D eigenvalue weighted by Crippen LogP contribution is 2.13. The van der Waals surface area contributed by atoms with E-state index in [-0.39, 0.29) is 0 Å². The minimum atomic E-state index is 0.743. The van der Waals surface area contributed by atoms with E-state index in [1.807, 2.05) is 0 Å². The highest BCUT2D eigenvalue weighted by atomic mass is 15.2. The summed E-state index contributed by atoms with van der Waals surface area (Å²) in [5, 5.41) is 0. The number of nitrogens with zero attached hydrogens (tertiary/aromatic N) is 2. The molecule has 0 aromatic heterocycles. The summed E-state index contributed by atoms with van der Waals surface area (Å²) < 4.78 is 0. The standard InChI is InChI=1S/C20H39N3/c1-2-3-4-5-6-7-8-9-10-11-12-13-14-15-20-22-17-19-23(20)18-16-21/h5-6H,2-4,7-19,21H2,1H3/b6-5+. The summed E-state index contributed by atoms with van der Waals surface area (Å²) in [6.45, 7) is 6.03. The maximum atomic E-state index is 5.64. The lowest BCUT2D eigenvalue weighted by atomic mass is 10.1. The van der Waals surface area contributed by atoms with Crippen LogP contribution in [0.2, 0.25) is 0 Å². The van der Waals surface area contributed by atoms with E-state index in [0.29, 0.717) is 0 Å². The van der Waals surface area contributed by atoms with Crippen LogP contribution in [-0.2, 0) is 0 Å². The van der Waals surface area contributed by atoms with E-state index in [1.165, 1.54) is 76.5 Å². The first-order valence-electron chi connectivity index (χ1n) is 10.0.